The Morgan fingerprint density at radius 3 is 2.60 bits per heavy atom. The Kier molecular flexibility index (Phi) is 4.66. The molecule has 0 aromatic heterocycles. The van der Waals surface area contributed by atoms with Crippen molar-refractivity contribution in [3.8, 4) is 0 Å². The highest BCUT2D eigenvalue weighted by Gasteiger charge is 2.00. The van der Waals surface area contributed by atoms with Gasteiger partial charge in [0.15, 0.2) is 5.96 Å². The number of ether oxygens (including phenoxy) is 1. The van der Waals surface area contributed by atoms with E-state index >= 15 is 0 Å². The monoisotopic (exact) mass is 145 g/mol. The van der Waals surface area contributed by atoms with Crippen molar-refractivity contribution in [2.45, 2.75) is 6.92 Å². The van der Waals surface area contributed by atoms with Gasteiger partial charge in [-0.3, -0.25) is 5.41 Å². The summed E-state index contributed by atoms with van der Waals surface area (Å²) >= 11 is 0. The van der Waals surface area contributed by atoms with E-state index in [-0.39, 0.29) is 5.96 Å². The van der Waals surface area contributed by atoms with Crippen LogP contribution in [0.25, 0.3) is 0 Å². The van der Waals surface area contributed by atoms with Gasteiger partial charge in [0.1, 0.15) is 0 Å². The van der Waals surface area contributed by atoms with E-state index in [2.05, 4.69) is 0 Å². The molecule has 0 spiro atoms. The minimum Gasteiger partial charge on any atom is -0.383 e. The van der Waals surface area contributed by atoms with Crippen LogP contribution in [0.3, 0.4) is 0 Å². The summed E-state index contributed by atoms with van der Waals surface area (Å²) in [5, 5.41) is 7.08. The molecule has 0 aromatic carbocycles. The second kappa shape index (κ2) is 5.05. The van der Waals surface area contributed by atoms with Crippen LogP contribution in [0.2, 0.25) is 0 Å². The number of nitrogens with two attached hydrogens (primary N) is 1. The highest BCUT2D eigenvalue weighted by molar-refractivity contribution is 5.74. The molecule has 0 heterocycles. The molecule has 0 aliphatic carbocycles. The van der Waals surface area contributed by atoms with Crippen LogP contribution in [-0.4, -0.2) is 37.7 Å². The minimum atomic E-state index is 0.111. The summed E-state index contributed by atoms with van der Waals surface area (Å²) in [5.41, 5.74) is 5.24. The summed E-state index contributed by atoms with van der Waals surface area (Å²) in [7, 11) is 1.63. The van der Waals surface area contributed by atoms with Crippen molar-refractivity contribution >= 4 is 5.96 Å². The van der Waals surface area contributed by atoms with Gasteiger partial charge in [-0.1, -0.05) is 0 Å². The zero-order valence-corrected chi connectivity index (χ0v) is 6.55. The van der Waals surface area contributed by atoms with Crippen molar-refractivity contribution in [3.05, 3.63) is 0 Å². The molecule has 10 heavy (non-hydrogen) atoms. The molecule has 0 rings (SSSR count). The zero-order valence-electron chi connectivity index (χ0n) is 6.55. The van der Waals surface area contributed by atoms with Crippen LogP contribution < -0.4 is 5.73 Å². The van der Waals surface area contributed by atoms with Crippen LogP contribution in [0.15, 0.2) is 0 Å². The van der Waals surface area contributed by atoms with E-state index in [1.807, 2.05) is 6.92 Å². The van der Waals surface area contributed by atoms with E-state index in [9.17, 15) is 0 Å². The Bertz CT molecular complexity index is 105. The smallest absolute Gasteiger partial charge is 0.188 e. The number of nitrogens with zero attached hydrogens (tertiary/aromatic N) is 1. The number of guanidine groups is 1. The van der Waals surface area contributed by atoms with Crippen molar-refractivity contribution in [3.63, 3.8) is 0 Å². The average Bonchev–Trinajstić information content (AvgIpc) is 1.89. The van der Waals surface area contributed by atoms with E-state index in [1.54, 1.807) is 12.0 Å². The predicted octanol–water partition coefficient (Wildman–Crippen LogP) is -0.152. The van der Waals surface area contributed by atoms with Gasteiger partial charge in [-0.2, -0.15) is 0 Å². The molecule has 0 bridgehead atoms. The fourth-order valence-electron chi connectivity index (χ4n) is 0.650. The molecular weight excluding hydrogens is 130 g/mol. The van der Waals surface area contributed by atoms with Crippen LogP contribution in [-0.2, 0) is 4.74 Å². The van der Waals surface area contributed by atoms with Crippen molar-refractivity contribution in [2.24, 2.45) is 5.73 Å². The van der Waals surface area contributed by atoms with E-state index in [0.717, 1.165) is 6.54 Å². The number of rotatable bonds is 4. The normalized spacial score (nSPS) is 9.40. The van der Waals surface area contributed by atoms with Crippen molar-refractivity contribution in [1.82, 2.24) is 4.90 Å². The van der Waals surface area contributed by atoms with E-state index in [0.29, 0.717) is 13.2 Å². The predicted molar refractivity (Wildman–Crippen MR) is 41.0 cm³/mol. The molecule has 0 unspecified atom stereocenters. The zero-order chi connectivity index (χ0) is 7.98. The highest BCUT2D eigenvalue weighted by Crippen LogP contribution is 1.84. The summed E-state index contributed by atoms with van der Waals surface area (Å²) in [6.07, 6.45) is 0. The molecule has 0 aliphatic heterocycles. The lowest BCUT2D eigenvalue weighted by molar-refractivity contribution is 0.177. The largest absolute Gasteiger partial charge is 0.383 e. The van der Waals surface area contributed by atoms with E-state index in [1.165, 1.54) is 0 Å². The first-order valence-corrected chi connectivity index (χ1v) is 3.30. The fourth-order valence-corrected chi connectivity index (χ4v) is 0.650. The highest BCUT2D eigenvalue weighted by atomic mass is 16.5. The molecule has 0 aromatic rings. The topological polar surface area (TPSA) is 62.3 Å². The number of nitrogens with one attached hydrogen (secondary N) is 1. The van der Waals surface area contributed by atoms with Gasteiger partial charge in [0.2, 0.25) is 0 Å². The first-order valence-electron chi connectivity index (χ1n) is 3.30. The Morgan fingerprint density at radius 2 is 2.30 bits per heavy atom. The Balaban J connectivity index is 3.50. The molecule has 0 fully saturated rings. The van der Waals surface area contributed by atoms with Crippen molar-refractivity contribution in [1.29, 1.82) is 5.41 Å². The summed E-state index contributed by atoms with van der Waals surface area (Å²) in [4.78, 5) is 1.74. The first-order chi connectivity index (χ1) is 4.72. The van der Waals surface area contributed by atoms with Crippen molar-refractivity contribution in [2.75, 3.05) is 26.8 Å². The van der Waals surface area contributed by atoms with Crippen LogP contribution in [0.1, 0.15) is 6.92 Å². The second-order valence-electron chi connectivity index (χ2n) is 1.96. The number of methoxy groups -OCH3 is 1. The third-order valence-corrected chi connectivity index (χ3v) is 1.29. The summed E-state index contributed by atoms with van der Waals surface area (Å²) in [5.74, 6) is 0.111. The molecule has 0 amide bonds. The third-order valence-electron chi connectivity index (χ3n) is 1.29. The molecule has 3 N–H and O–H groups in total. The summed E-state index contributed by atoms with van der Waals surface area (Å²) in [6.45, 7) is 4.03. The summed E-state index contributed by atoms with van der Waals surface area (Å²) in [6, 6.07) is 0. The lowest BCUT2D eigenvalue weighted by Gasteiger charge is -2.19. The standard InChI is InChI=1S/C6H15N3O/c1-3-9(6(7)8)4-5-10-2/h3-5H2,1-2H3,(H3,7,8). The number of hydrogen-bond acceptors (Lipinski definition) is 2. The van der Waals surface area contributed by atoms with Crippen LogP contribution >= 0.6 is 0 Å². The number of likely N-dealkylation sites (N-methyl/N-ethyl adjacent to an activating group) is 1. The summed E-state index contributed by atoms with van der Waals surface area (Å²) < 4.78 is 4.83. The minimum absolute atomic E-state index is 0.111. The maximum absolute atomic E-state index is 7.08. The SMILES string of the molecule is CCN(CCOC)C(=N)N. The molecule has 0 saturated carbocycles. The quantitative estimate of drug-likeness (QED) is 0.427. The Hall–Kier alpha value is -0.770. The van der Waals surface area contributed by atoms with Gasteiger partial charge in [0.05, 0.1) is 6.61 Å². The fraction of sp³-hybridized carbons (Fsp3) is 0.833. The molecule has 0 radical (unpaired) electrons. The Morgan fingerprint density at radius 1 is 1.70 bits per heavy atom. The molecule has 60 valence electrons. The maximum Gasteiger partial charge on any atom is 0.188 e. The van der Waals surface area contributed by atoms with Crippen LogP contribution in [0.4, 0.5) is 0 Å². The second-order valence-corrected chi connectivity index (χ2v) is 1.96. The molecule has 0 saturated heterocycles. The third kappa shape index (κ3) is 3.29. The molecule has 0 aliphatic rings. The van der Waals surface area contributed by atoms with E-state index < -0.39 is 0 Å². The lowest BCUT2D eigenvalue weighted by Crippen LogP contribution is -2.38. The molecule has 4 nitrogen and oxygen atoms in total. The van der Waals surface area contributed by atoms with E-state index in [4.69, 9.17) is 15.9 Å². The molecule has 0 atom stereocenters. The molecule has 4 heteroatoms. The van der Waals surface area contributed by atoms with Gasteiger partial charge >= 0.3 is 0 Å². The number of hydrogen-bond donors (Lipinski definition) is 2. The van der Waals surface area contributed by atoms with Crippen molar-refractivity contribution < 1.29 is 4.74 Å². The lowest BCUT2D eigenvalue weighted by atomic mass is 10.5. The maximum atomic E-state index is 7.08. The van der Waals surface area contributed by atoms with Gasteiger partial charge in [-0.15, -0.1) is 0 Å². The van der Waals surface area contributed by atoms with Gasteiger partial charge < -0.3 is 15.4 Å². The average molecular weight is 145 g/mol. The molecular formula is C6H15N3O. The van der Waals surface area contributed by atoms with Crippen LogP contribution in [0.5, 0.6) is 0 Å². The Labute approximate surface area is 61.5 Å². The van der Waals surface area contributed by atoms with Crippen LogP contribution in [0, 0.1) is 5.41 Å². The van der Waals surface area contributed by atoms with Gasteiger partial charge in [0.25, 0.3) is 0 Å². The first kappa shape index (κ1) is 9.23. The van der Waals surface area contributed by atoms with Gasteiger partial charge in [-0.25, -0.2) is 0 Å². The van der Waals surface area contributed by atoms with Gasteiger partial charge in [0, 0.05) is 20.2 Å². The van der Waals surface area contributed by atoms with Gasteiger partial charge in [-0.05, 0) is 6.92 Å².